The van der Waals surface area contributed by atoms with Crippen molar-refractivity contribution in [2.75, 3.05) is 6.54 Å². The zero-order valence-corrected chi connectivity index (χ0v) is 15.7. The topological polar surface area (TPSA) is 101 Å². The molecular weight excluding hydrogens is 404 g/mol. The van der Waals surface area contributed by atoms with E-state index in [0.29, 0.717) is 28.8 Å². The van der Waals surface area contributed by atoms with Gasteiger partial charge in [-0.25, -0.2) is 21.9 Å². The minimum atomic E-state index is -4.10. The van der Waals surface area contributed by atoms with Crippen LogP contribution in [0.3, 0.4) is 0 Å². The van der Waals surface area contributed by atoms with Crippen LogP contribution in [0.15, 0.2) is 53.7 Å². The number of hydrogen-bond donors (Lipinski definition) is 1. The summed E-state index contributed by atoms with van der Waals surface area (Å²) >= 11 is 0. The Hall–Kier alpha value is -3.29. The third-order valence-electron chi connectivity index (χ3n) is 4.09. The lowest BCUT2D eigenvalue weighted by Gasteiger charge is -2.07. The van der Waals surface area contributed by atoms with Crippen LogP contribution in [0.1, 0.15) is 17.5 Å². The third kappa shape index (κ3) is 4.59. The van der Waals surface area contributed by atoms with Gasteiger partial charge in [-0.05, 0) is 30.3 Å². The molecule has 0 spiro atoms. The summed E-state index contributed by atoms with van der Waals surface area (Å²) in [6, 6.07) is 9.58. The molecule has 0 radical (unpaired) electrons. The molecule has 2 aromatic heterocycles. The highest BCUT2D eigenvalue weighted by molar-refractivity contribution is 7.89. The van der Waals surface area contributed by atoms with Crippen LogP contribution in [0.25, 0.3) is 5.52 Å². The Morgan fingerprint density at radius 2 is 2.00 bits per heavy atom. The van der Waals surface area contributed by atoms with Gasteiger partial charge in [0, 0.05) is 24.5 Å². The monoisotopic (exact) mass is 419 g/mol. The number of pyridine rings is 1. The van der Waals surface area contributed by atoms with E-state index < -0.39 is 32.5 Å². The normalized spacial score (nSPS) is 11.3. The van der Waals surface area contributed by atoms with E-state index in [4.69, 9.17) is 4.74 Å². The molecule has 29 heavy (non-hydrogen) atoms. The van der Waals surface area contributed by atoms with Crippen LogP contribution in [-0.2, 0) is 26.2 Å². The van der Waals surface area contributed by atoms with Crippen molar-refractivity contribution < 1.29 is 26.7 Å². The van der Waals surface area contributed by atoms with Gasteiger partial charge in [0.2, 0.25) is 10.0 Å². The highest BCUT2D eigenvalue weighted by Crippen LogP contribution is 2.19. The van der Waals surface area contributed by atoms with Crippen molar-refractivity contribution in [3.63, 3.8) is 0 Å². The SMILES string of the molecule is N#Cc1c(COC(=O)CCNS(=O)(=O)c2ccc(F)c(F)c2)cn2ccccc12. The number of benzene rings is 1. The lowest BCUT2D eigenvalue weighted by molar-refractivity contribution is -0.144. The van der Waals surface area contributed by atoms with E-state index in [9.17, 15) is 27.3 Å². The molecule has 3 rings (SSSR count). The van der Waals surface area contributed by atoms with Crippen LogP contribution >= 0.6 is 0 Å². The Morgan fingerprint density at radius 3 is 2.72 bits per heavy atom. The fourth-order valence-corrected chi connectivity index (χ4v) is 3.70. The second kappa shape index (κ2) is 8.38. The van der Waals surface area contributed by atoms with Crippen molar-refractivity contribution in [2.24, 2.45) is 0 Å². The number of fused-ring (bicyclic) bond motifs is 1. The van der Waals surface area contributed by atoms with E-state index >= 15 is 0 Å². The Balaban J connectivity index is 1.55. The molecule has 0 aliphatic heterocycles. The van der Waals surface area contributed by atoms with E-state index in [-0.39, 0.29) is 19.6 Å². The van der Waals surface area contributed by atoms with E-state index in [1.54, 1.807) is 35.0 Å². The molecule has 0 amide bonds. The molecule has 150 valence electrons. The minimum Gasteiger partial charge on any atom is -0.461 e. The smallest absolute Gasteiger partial charge is 0.307 e. The number of carbonyl (C=O) groups is 1. The van der Waals surface area contributed by atoms with Gasteiger partial charge in [-0.15, -0.1) is 0 Å². The van der Waals surface area contributed by atoms with Crippen molar-refractivity contribution in [2.45, 2.75) is 17.9 Å². The highest BCUT2D eigenvalue weighted by atomic mass is 32.2. The van der Waals surface area contributed by atoms with Crippen LogP contribution in [0.2, 0.25) is 0 Å². The molecule has 0 aliphatic carbocycles. The molecule has 10 heteroatoms. The van der Waals surface area contributed by atoms with Gasteiger partial charge in [0.15, 0.2) is 11.6 Å². The fourth-order valence-electron chi connectivity index (χ4n) is 2.66. The summed E-state index contributed by atoms with van der Waals surface area (Å²) in [5.74, 6) is -3.14. The predicted octanol–water partition coefficient (Wildman–Crippen LogP) is 2.50. The molecule has 3 aromatic rings. The summed E-state index contributed by atoms with van der Waals surface area (Å²) in [5.41, 5.74) is 1.59. The lowest BCUT2D eigenvalue weighted by atomic mass is 10.2. The first-order chi connectivity index (χ1) is 13.8. The third-order valence-corrected chi connectivity index (χ3v) is 5.54. The second-order valence-corrected chi connectivity index (χ2v) is 7.79. The van der Waals surface area contributed by atoms with Gasteiger partial charge in [-0.1, -0.05) is 6.07 Å². The number of esters is 1. The van der Waals surface area contributed by atoms with Crippen LogP contribution in [0.4, 0.5) is 8.78 Å². The van der Waals surface area contributed by atoms with Crippen LogP contribution in [0.5, 0.6) is 0 Å². The zero-order chi connectivity index (χ0) is 21.0. The van der Waals surface area contributed by atoms with E-state index in [1.807, 2.05) is 0 Å². The molecular formula is C19H15F2N3O4S. The second-order valence-electron chi connectivity index (χ2n) is 6.02. The average molecular weight is 419 g/mol. The van der Waals surface area contributed by atoms with Gasteiger partial charge in [-0.3, -0.25) is 4.79 Å². The van der Waals surface area contributed by atoms with Gasteiger partial charge in [0.25, 0.3) is 0 Å². The number of nitrogens with one attached hydrogen (secondary N) is 1. The molecule has 0 fully saturated rings. The number of hydrogen-bond acceptors (Lipinski definition) is 5. The molecule has 7 nitrogen and oxygen atoms in total. The molecule has 0 saturated heterocycles. The average Bonchev–Trinajstić information content (AvgIpc) is 3.05. The first-order valence-corrected chi connectivity index (χ1v) is 9.89. The maximum atomic E-state index is 13.2. The van der Waals surface area contributed by atoms with Crippen molar-refractivity contribution >= 4 is 21.5 Å². The molecule has 0 atom stereocenters. The Kier molecular flexibility index (Phi) is 5.91. The van der Waals surface area contributed by atoms with Crippen molar-refractivity contribution in [3.05, 3.63) is 71.6 Å². The number of nitrogens with zero attached hydrogens (tertiary/aromatic N) is 2. The fraction of sp³-hybridized carbons (Fsp3) is 0.158. The van der Waals surface area contributed by atoms with E-state index in [2.05, 4.69) is 10.8 Å². The molecule has 0 saturated carbocycles. The van der Waals surface area contributed by atoms with Crippen molar-refractivity contribution in [3.8, 4) is 6.07 Å². The Morgan fingerprint density at radius 1 is 1.21 bits per heavy atom. The van der Waals surface area contributed by atoms with E-state index in [0.717, 1.165) is 6.07 Å². The summed E-state index contributed by atoms with van der Waals surface area (Å²) in [4.78, 5) is 11.4. The predicted molar refractivity (Wildman–Crippen MR) is 98.1 cm³/mol. The quantitative estimate of drug-likeness (QED) is 0.593. The molecule has 0 aliphatic rings. The van der Waals surface area contributed by atoms with Crippen molar-refractivity contribution in [1.82, 2.24) is 9.12 Å². The standard InChI is InChI=1S/C19H15F2N3O4S/c20-16-5-4-14(9-17(16)21)29(26,27)23-7-6-19(25)28-12-13-11-24-8-2-1-3-18(24)15(13)10-22/h1-5,8-9,11,23H,6-7,12H2. The minimum absolute atomic E-state index is 0.140. The largest absolute Gasteiger partial charge is 0.461 e. The molecule has 2 heterocycles. The number of halogens is 2. The van der Waals surface area contributed by atoms with E-state index in [1.165, 1.54) is 0 Å². The number of ether oxygens (including phenoxy) is 1. The Labute approximate surface area is 165 Å². The Bertz CT molecular complexity index is 1220. The highest BCUT2D eigenvalue weighted by Gasteiger charge is 2.17. The zero-order valence-electron chi connectivity index (χ0n) is 14.9. The summed E-state index contributed by atoms with van der Waals surface area (Å²) in [5, 5.41) is 9.32. The van der Waals surface area contributed by atoms with Crippen molar-refractivity contribution in [1.29, 1.82) is 5.26 Å². The maximum Gasteiger partial charge on any atom is 0.307 e. The van der Waals surface area contributed by atoms with Gasteiger partial charge in [-0.2, -0.15) is 5.26 Å². The van der Waals surface area contributed by atoms with Crippen LogP contribution in [0, 0.1) is 23.0 Å². The van der Waals surface area contributed by atoms with Gasteiger partial charge in [0.05, 0.1) is 22.4 Å². The number of aromatic nitrogens is 1. The molecule has 0 unspecified atom stereocenters. The molecule has 0 bridgehead atoms. The van der Waals surface area contributed by atoms with Crippen LogP contribution in [-0.4, -0.2) is 25.3 Å². The molecule has 1 aromatic carbocycles. The summed E-state index contributed by atoms with van der Waals surface area (Å²) in [7, 11) is -4.10. The first kappa shape index (κ1) is 20.4. The van der Waals surface area contributed by atoms with Gasteiger partial charge < -0.3 is 9.14 Å². The summed E-state index contributed by atoms with van der Waals surface area (Å²) in [6.07, 6.45) is 3.15. The van der Waals surface area contributed by atoms with Gasteiger partial charge >= 0.3 is 5.97 Å². The number of rotatable bonds is 7. The van der Waals surface area contributed by atoms with Crippen LogP contribution < -0.4 is 4.72 Å². The number of nitriles is 1. The summed E-state index contributed by atoms with van der Waals surface area (Å²) in [6.45, 7) is -0.428. The summed E-state index contributed by atoms with van der Waals surface area (Å²) < 4.78 is 59.2. The number of sulfonamides is 1. The lowest BCUT2D eigenvalue weighted by Crippen LogP contribution is -2.27. The number of carbonyl (C=O) groups excluding carboxylic acids is 1. The van der Waals surface area contributed by atoms with Gasteiger partial charge in [0.1, 0.15) is 12.7 Å². The first-order valence-electron chi connectivity index (χ1n) is 8.41. The maximum absolute atomic E-state index is 13.2. The molecule has 1 N–H and O–H groups in total.